The first-order valence-corrected chi connectivity index (χ1v) is 6.25. The van der Waals surface area contributed by atoms with E-state index in [-0.39, 0.29) is 6.04 Å². The van der Waals surface area contributed by atoms with Gasteiger partial charge in [-0.15, -0.1) is 0 Å². The van der Waals surface area contributed by atoms with E-state index in [1.807, 2.05) is 18.2 Å². The zero-order valence-electron chi connectivity index (χ0n) is 10.7. The van der Waals surface area contributed by atoms with Crippen LogP contribution in [0.15, 0.2) is 18.2 Å². The molecule has 0 amide bonds. The summed E-state index contributed by atoms with van der Waals surface area (Å²) in [6.45, 7) is 4.40. The van der Waals surface area contributed by atoms with Crippen molar-refractivity contribution in [2.45, 2.75) is 32.7 Å². The number of hydrazine groups is 1. The molecule has 1 rings (SSSR count). The lowest BCUT2D eigenvalue weighted by atomic mass is 9.97. The molecule has 1 atom stereocenters. The molecule has 3 N–H and O–H groups in total. The van der Waals surface area contributed by atoms with Gasteiger partial charge in [-0.2, -0.15) is 0 Å². The molecule has 0 aliphatic carbocycles. The minimum Gasteiger partial charge on any atom is -0.496 e. The van der Waals surface area contributed by atoms with Crippen LogP contribution in [-0.4, -0.2) is 7.11 Å². The van der Waals surface area contributed by atoms with Crippen molar-refractivity contribution in [2.75, 3.05) is 7.11 Å². The molecule has 0 fully saturated rings. The van der Waals surface area contributed by atoms with Crippen LogP contribution in [0.3, 0.4) is 0 Å². The third-order valence-corrected chi connectivity index (χ3v) is 3.04. The topological polar surface area (TPSA) is 47.3 Å². The summed E-state index contributed by atoms with van der Waals surface area (Å²) < 4.78 is 5.34. The van der Waals surface area contributed by atoms with Crippen LogP contribution in [-0.2, 0) is 0 Å². The largest absolute Gasteiger partial charge is 0.496 e. The molecule has 0 heterocycles. The normalized spacial score (nSPS) is 12.8. The van der Waals surface area contributed by atoms with Gasteiger partial charge in [-0.05, 0) is 30.9 Å². The third kappa shape index (κ3) is 4.19. The molecule has 0 saturated heterocycles. The summed E-state index contributed by atoms with van der Waals surface area (Å²) in [5.74, 6) is 7.05. The van der Waals surface area contributed by atoms with Gasteiger partial charge in [0.1, 0.15) is 5.75 Å². The Morgan fingerprint density at radius 3 is 2.59 bits per heavy atom. The van der Waals surface area contributed by atoms with E-state index in [1.165, 1.54) is 0 Å². The van der Waals surface area contributed by atoms with Crippen molar-refractivity contribution in [3.8, 4) is 5.75 Å². The van der Waals surface area contributed by atoms with Crippen LogP contribution in [0.2, 0.25) is 5.02 Å². The van der Waals surface area contributed by atoms with Gasteiger partial charge in [0, 0.05) is 16.6 Å². The molecule has 0 spiro atoms. The summed E-state index contributed by atoms with van der Waals surface area (Å²) >= 11 is 5.94. The molecule has 17 heavy (non-hydrogen) atoms. The number of methoxy groups -OCH3 is 1. The number of rotatable bonds is 6. The van der Waals surface area contributed by atoms with Gasteiger partial charge in [0.25, 0.3) is 0 Å². The summed E-state index contributed by atoms with van der Waals surface area (Å²) in [6.07, 6.45) is 2.09. The average Bonchev–Trinajstić information content (AvgIpc) is 2.30. The highest BCUT2D eigenvalue weighted by Gasteiger charge is 2.15. The Hall–Kier alpha value is -0.770. The predicted octanol–water partition coefficient (Wildman–Crippen LogP) is 3.29. The first-order chi connectivity index (χ1) is 8.08. The van der Waals surface area contributed by atoms with Crippen LogP contribution in [0.1, 0.15) is 38.3 Å². The van der Waals surface area contributed by atoms with Gasteiger partial charge in [0.15, 0.2) is 0 Å². The standard InChI is InChI=1S/C13H21ClN2O/c1-9(2)4-7-12(16-15)11-6-5-10(14)8-13(11)17-3/h5-6,8-9,12,16H,4,7,15H2,1-3H3. The van der Waals surface area contributed by atoms with Crippen LogP contribution < -0.4 is 16.0 Å². The molecular weight excluding hydrogens is 236 g/mol. The van der Waals surface area contributed by atoms with Crippen molar-refractivity contribution >= 4 is 11.6 Å². The molecule has 0 radical (unpaired) electrons. The van der Waals surface area contributed by atoms with Gasteiger partial charge >= 0.3 is 0 Å². The number of nitrogens with two attached hydrogens (primary N) is 1. The first kappa shape index (κ1) is 14.3. The summed E-state index contributed by atoms with van der Waals surface area (Å²) in [4.78, 5) is 0. The second kappa shape index (κ2) is 6.84. The van der Waals surface area contributed by atoms with Crippen molar-refractivity contribution in [3.05, 3.63) is 28.8 Å². The first-order valence-electron chi connectivity index (χ1n) is 5.88. The second-order valence-corrected chi connectivity index (χ2v) is 5.01. The van der Waals surface area contributed by atoms with E-state index < -0.39 is 0 Å². The monoisotopic (exact) mass is 256 g/mol. The zero-order valence-corrected chi connectivity index (χ0v) is 11.4. The molecule has 0 aromatic heterocycles. The molecule has 3 nitrogen and oxygen atoms in total. The number of nitrogens with one attached hydrogen (secondary N) is 1. The van der Waals surface area contributed by atoms with E-state index in [0.29, 0.717) is 10.9 Å². The molecule has 0 saturated carbocycles. The molecule has 0 aliphatic heterocycles. The fourth-order valence-corrected chi connectivity index (χ4v) is 1.96. The van der Waals surface area contributed by atoms with E-state index in [1.54, 1.807) is 7.11 Å². The van der Waals surface area contributed by atoms with Crippen LogP contribution in [0.5, 0.6) is 5.75 Å². The SMILES string of the molecule is COc1cc(Cl)ccc1C(CCC(C)C)NN. The van der Waals surface area contributed by atoms with Crippen molar-refractivity contribution < 1.29 is 4.74 Å². The molecule has 0 bridgehead atoms. The Balaban J connectivity index is 2.87. The van der Waals surface area contributed by atoms with E-state index in [2.05, 4.69) is 19.3 Å². The molecule has 1 aromatic rings. The maximum atomic E-state index is 5.94. The van der Waals surface area contributed by atoms with Crippen LogP contribution >= 0.6 is 11.6 Å². The van der Waals surface area contributed by atoms with Gasteiger partial charge in [0.05, 0.1) is 7.11 Å². The van der Waals surface area contributed by atoms with Crippen molar-refractivity contribution in [1.82, 2.24) is 5.43 Å². The lowest BCUT2D eigenvalue weighted by Crippen LogP contribution is -2.28. The number of halogens is 1. The highest BCUT2D eigenvalue weighted by atomic mass is 35.5. The average molecular weight is 257 g/mol. The van der Waals surface area contributed by atoms with E-state index in [4.69, 9.17) is 22.2 Å². The van der Waals surface area contributed by atoms with Gasteiger partial charge < -0.3 is 4.74 Å². The van der Waals surface area contributed by atoms with Gasteiger partial charge in [-0.25, -0.2) is 0 Å². The minimum absolute atomic E-state index is 0.101. The van der Waals surface area contributed by atoms with E-state index >= 15 is 0 Å². The lowest BCUT2D eigenvalue weighted by Gasteiger charge is -2.20. The van der Waals surface area contributed by atoms with Gasteiger partial charge in [0.2, 0.25) is 0 Å². The maximum Gasteiger partial charge on any atom is 0.125 e. The fourth-order valence-electron chi connectivity index (χ4n) is 1.80. The van der Waals surface area contributed by atoms with Crippen LogP contribution in [0.4, 0.5) is 0 Å². The fraction of sp³-hybridized carbons (Fsp3) is 0.538. The number of ether oxygens (including phenoxy) is 1. The van der Waals surface area contributed by atoms with Crippen molar-refractivity contribution in [1.29, 1.82) is 0 Å². The van der Waals surface area contributed by atoms with Crippen LogP contribution in [0, 0.1) is 5.92 Å². The summed E-state index contributed by atoms with van der Waals surface area (Å²) in [6, 6.07) is 5.74. The highest BCUT2D eigenvalue weighted by molar-refractivity contribution is 6.30. The van der Waals surface area contributed by atoms with Gasteiger partial charge in [-0.3, -0.25) is 11.3 Å². The number of hydrogen-bond donors (Lipinski definition) is 2. The molecule has 0 aliphatic rings. The van der Waals surface area contributed by atoms with E-state index in [9.17, 15) is 0 Å². The third-order valence-electron chi connectivity index (χ3n) is 2.80. The molecular formula is C13H21ClN2O. The van der Waals surface area contributed by atoms with E-state index in [0.717, 1.165) is 24.2 Å². The second-order valence-electron chi connectivity index (χ2n) is 4.58. The number of hydrogen-bond acceptors (Lipinski definition) is 3. The Morgan fingerprint density at radius 1 is 1.35 bits per heavy atom. The summed E-state index contributed by atoms with van der Waals surface area (Å²) in [5, 5.41) is 0.672. The summed E-state index contributed by atoms with van der Waals surface area (Å²) in [7, 11) is 1.64. The van der Waals surface area contributed by atoms with Gasteiger partial charge in [-0.1, -0.05) is 31.5 Å². The highest BCUT2D eigenvalue weighted by Crippen LogP contribution is 2.30. The zero-order chi connectivity index (χ0) is 12.8. The predicted molar refractivity (Wildman–Crippen MR) is 72.1 cm³/mol. The number of benzene rings is 1. The van der Waals surface area contributed by atoms with Crippen LogP contribution in [0.25, 0.3) is 0 Å². The van der Waals surface area contributed by atoms with Crippen molar-refractivity contribution in [2.24, 2.45) is 11.8 Å². The maximum absolute atomic E-state index is 5.94. The lowest BCUT2D eigenvalue weighted by molar-refractivity contribution is 0.388. The quantitative estimate of drug-likeness (QED) is 0.607. The molecule has 1 unspecified atom stereocenters. The minimum atomic E-state index is 0.101. The van der Waals surface area contributed by atoms with Crippen molar-refractivity contribution in [3.63, 3.8) is 0 Å². The Labute approximate surface area is 108 Å². The Kier molecular flexibility index (Phi) is 5.75. The smallest absolute Gasteiger partial charge is 0.125 e. The summed E-state index contributed by atoms with van der Waals surface area (Å²) in [5.41, 5.74) is 3.90. The molecule has 96 valence electrons. The Morgan fingerprint density at radius 2 is 2.06 bits per heavy atom. The molecule has 1 aromatic carbocycles. The Bertz CT molecular complexity index is 355. The molecule has 4 heteroatoms.